The van der Waals surface area contributed by atoms with Crippen molar-refractivity contribution in [1.82, 2.24) is 10.3 Å². The third-order valence-electron chi connectivity index (χ3n) is 3.62. The quantitative estimate of drug-likeness (QED) is 0.754. The summed E-state index contributed by atoms with van der Waals surface area (Å²) in [5, 5.41) is 5.00. The minimum Gasteiger partial charge on any atom is -0.357 e. The first-order chi connectivity index (χ1) is 8.19. The van der Waals surface area contributed by atoms with Crippen LogP contribution in [0.3, 0.4) is 0 Å². The van der Waals surface area contributed by atoms with Crippen LogP contribution in [0, 0.1) is 0 Å². The average molecular weight is 246 g/mol. The lowest BCUT2D eigenvalue weighted by molar-refractivity contribution is 0.441. The molecule has 0 aliphatic carbocycles. The predicted octanol–water partition coefficient (Wildman–Crippen LogP) is 3.49. The fourth-order valence-corrected chi connectivity index (χ4v) is 3.28. The Balaban J connectivity index is 2.22. The summed E-state index contributed by atoms with van der Waals surface area (Å²) in [4.78, 5) is 4.91. The van der Waals surface area contributed by atoms with Crippen LogP contribution in [0.2, 0.25) is 0 Å². The molecule has 2 atom stereocenters. The van der Waals surface area contributed by atoms with Crippen LogP contribution in [0.4, 0.5) is 0 Å². The van der Waals surface area contributed by atoms with E-state index in [4.69, 9.17) is 0 Å². The number of aromatic nitrogens is 1. The Kier molecular flexibility index (Phi) is 2.68. The molecule has 90 valence electrons. The first-order valence-electron chi connectivity index (χ1n) is 6.13. The van der Waals surface area contributed by atoms with E-state index < -0.39 is 0 Å². The minimum absolute atomic E-state index is 0.430. The SMILES string of the molecule is CSc1ccc2[nH]c3c(c2c1)C[C@H](C)N[C@@H]3C. The zero-order valence-electron chi connectivity index (χ0n) is 10.5. The van der Waals surface area contributed by atoms with Gasteiger partial charge in [0.25, 0.3) is 0 Å². The molecule has 2 nitrogen and oxygen atoms in total. The Morgan fingerprint density at radius 2 is 2.12 bits per heavy atom. The molecule has 2 N–H and O–H groups in total. The molecule has 0 saturated carbocycles. The molecule has 1 aliphatic rings. The van der Waals surface area contributed by atoms with Crippen molar-refractivity contribution in [3.8, 4) is 0 Å². The number of aromatic amines is 1. The van der Waals surface area contributed by atoms with E-state index in [1.807, 2.05) is 11.8 Å². The lowest BCUT2D eigenvalue weighted by atomic mass is 9.96. The average Bonchev–Trinajstić information content (AvgIpc) is 2.67. The highest BCUT2D eigenvalue weighted by Gasteiger charge is 2.24. The van der Waals surface area contributed by atoms with Crippen molar-refractivity contribution in [3.05, 3.63) is 29.5 Å². The second-order valence-corrected chi connectivity index (χ2v) is 5.80. The molecule has 0 fully saturated rings. The van der Waals surface area contributed by atoms with E-state index in [2.05, 4.69) is 48.6 Å². The van der Waals surface area contributed by atoms with Gasteiger partial charge < -0.3 is 10.3 Å². The molecule has 0 unspecified atom stereocenters. The first-order valence-corrected chi connectivity index (χ1v) is 7.36. The summed E-state index contributed by atoms with van der Waals surface area (Å²) < 4.78 is 0. The van der Waals surface area contributed by atoms with Gasteiger partial charge in [-0.25, -0.2) is 0 Å². The van der Waals surface area contributed by atoms with Crippen LogP contribution < -0.4 is 5.32 Å². The van der Waals surface area contributed by atoms with Crippen molar-refractivity contribution in [3.63, 3.8) is 0 Å². The molecule has 0 spiro atoms. The van der Waals surface area contributed by atoms with Crippen LogP contribution in [0.25, 0.3) is 10.9 Å². The van der Waals surface area contributed by atoms with Gasteiger partial charge in [0.1, 0.15) is 0 Å². The first kappa shape index (κ1) is 11.2. The molecule has 0 saturated heterocycles. The Morgan fingerprint density at radius 1 is 1.29 bits per heavy atom. The van der Waals surface area contributed by atoms with Crippen molar-refractivity contribution in [2.75, 3.05) is 6.26 Å². The van der Waals surface area contributed by atoms with Crippen LogP contribution in [-0.2, 0) is 6.42 Å². The number of hydrogen-bond donors (Lipinski definition) is 2. The molecular formula is C14H18N2S. The summed E-state index contributed by atoms with van der Waals surface area (Å²) in [5.41, 5.74) is 4.15. The standard InChI is InChI=1S/C14H18N2S/c1-8-6-12-11-7-10(17-3)4-5-13(11)16-14(12)9(2)15-8/h4-5,7-9,15-16H,6H2,1-3H3/t8-,9+/m0/s1. The topological polar surface area (TPSA) is 27.8 Å². The highest BCUT2D eigenvalue weighted by atomic mass is 32.2. The second-order valence-electron chi connectivity index (χ2n) is 4.92. The van der Waals surface area contributed by atoms with Gasteiger partial charge in [-0.2, -0.15) is 0 Å². The zero-order valence-corrected chi connectivity index (χ0v) is 11.3. The van der Waals surface area contributed by atoms with Gasteiger partial charge in [-0.3, -0.25) is 0 Å². The molecule has 1 aromatic heterocycles. The molecule has 2 aromatic rings. The molecule has 1 aromatic carbocycles. The summed E-state index contributed by atoms with van der Waals surface area (Å²) in [7, 11) is 0. The van der Waals surface area contributed by atoms with Crippen molar-refractivity contribution in [1.29, 1.82) is 0 Å². The van der Waals surface area contributed by atoms with Crippen LogP contribution in [0.5, 0.6) is 0 Å². The number of H-pyrrole nitrogens is 1. The molecule has 1 aliphatic heterocycles. The number of fused-ring (bicyclic) bond motifs is 3. The van der Waals surface area contributed by atoms with E-state index in [9.17, 15) is 0 Å². The lowest BCUT2D eigenvalue weighted by Crippen LogP contribution is -2.35. The van der Waals surface area contributed by atoms with Crippen LogP contribution in [0.15, 0.2) is 23.1 Å². The monoisotopic (exact) mass is 246 g/mol. The summed E-state index contributed by atoms with van der Waals surface area (Å²) in [6, 6.07) is 7.71. The van der Waals surface area contributed by atoms with Crippen molar-refractivity contribution >= 4 is 22.7 Å². The minimum atomic E-state index is 0.430. The maximum Gasteiger partial charge on any atom is 0.0460 e. The summed E-state index contributed by atoms with van der Waals surface area (Å²) in [6.45, 7) is 4.50. The summed E-state index contributed by atoms with van der Waals surface area (Å²) in [5.74, 6) is 0. The Labute approximate surface area is 106 Å². The Bertz CT molecular complexity index is 559. The Hall–Kier alpha value is -0.930. The highest BCUT2D eigenvalue weighted by Crippen LogP contribution is 2.33. The van der Waals surface area contributed by atoms with E-state index in [0.29, 0.717) is 12.1 Å². The predicted molar refractivity (Wildman–Crippen MR) is 74.8 cm³/mol. The maximum absolute atomic E-state index is 3.59. The van der Waals surface area contributed by atoms with Crippen molar-refractivity contribution in [2.45, 2.75) is 37.2 Å². The van der Waals surface area contributed by atoms with Gasteiger partial charge >= 0.3 is 0 Å². The summed E-state index contributed by atoms with van der Waals surface area (Å²) >= 11 is 1.81. The van der Waals surface area contributed by atoms with Crippen molar-refractivity contribution < 1.29 is 0 Å². The fourth-order valence-electron chi connectivity index (χ4n) is 2.84. The lowest BCUT2D eigenvalue weighted by Gasteiger charge is -2.26. The summed E-state index contributed by atoms with van der Waals surface area (Å²) in [6.07, 6.45) is 3.25. The van der Waals surface area contributed by atoms with Crippen molar-refractivity contribution in [2.24, 2.45) is 0 Å². The fraction of sp³-hybridized carbons (Fsp3) is 0.429. The third-order valence-corrected chi connectivity index (χ3v) is 4.35. The molecule has 0 bridgehead atoms. The van der Waals surface area contributed by atoms with Crippen LogP contribution in [0.1, 0.15) is 31.1 Å². The van der Waals surface area contributed by atoms with Gasteiger partial charge in [0.05, 0.1) is 0 Å². The Morgan fingerprint density at radius 3 is 2.88 bits per heavy atom. The number of hydrogen-bond acceptors (Lipinski definition) is 2. The third kappa shape index (κ3) is 1.78. The highest BCUT2D eigenvalue weighted by molar-refractivity contribution is 7.98. The van der Waals surface area contributed by atoms with Gasteiger partial charge in [0, 0.05) is 33.6 Å². The molecule has 0 amide bonds. The van der Waals surface area contributed by atoms with E-state index in [0.717, 1.165) is 6.42 Å². The number of thioether (sulfide) groups is 1. The van der Waals surface area contributed by atoms with Gasteiger partial charge in [-0.15, -0.1) is 11.8 Å². The zero-order chi connectivity index (χ0) is 12.0. The molecule has 0 radical (unpaired) electrons. The van der Waals surface area contributed by atoms with Gasteiger partial charge in [-0.1, -0.05) is 0 Å². The number of nitrogens with one attached hydrogen (secondary N) is 2. The largest absolute Gasteiger partial charge is 0.357 e. The smallest absolute Gasteiger partial charge is 0.0460 e. The van der Waals surface area contributed by atoms with Gasteiger partial charge in [0.15, 0.2) is 0 Å². The molecular weight excluding hydrogens is 228 g/mol. The van der Waals surface area contributed by atoms with Gasteiger partial charge in [0.2, 0.25) is 0 Å². The van der Waals surface area contributed by atoms with Crippen LogP contribution >= 0.6 is 11.8 Å². The number of benzene rings is 1. The van der Waals surface area contributed by atoms with E-state index in [-0.39, 0.29) is 0 Å². The number of rotatable bonds is 1. The molecule has 2 heterocycles. The molecule has 17 heavy (non-hydrogen) atoms. The normalized spacial score (nSPS) is 23.9. The van der Waals surface area contributed by atoms with Crippen LogP contribution in [-0.4, -0.2) is 17.3 Å². The van der Waals surface area contributed by atoms with Gasteiger partial charge in [-0.05, 0) is 50.3 Å². The second kappa shape index (κ2) is 4.07. The van der Waals surface area contributed by atoms with E-state index in [1.165, 1.54) is 27.1 Å². The van der Waals surface area contributed by atoms with E-state index >= 15 is 0 Å². The maximum atomic E-state index is 3.59. The van der Waals surface area contributed by atoms with E-state index in [1.54, 1.807) is 0 Å². The molecule has 3 heteroatoms. The molecule has 3 rings (SSSR count).